The Bertz CT molecular complexity index is 499. The second kappa shape index (κ2) is 5.90. The lowest BCUT2D eigenvalue weighted by Gasteiger charge is -2.31. The van der Waals surface area contributed by atoms with Crippen LogP contribution >= 0.6 is 0 Å². The molecule has 108 valence electrons. The average molecular weight is 277 g/mol. The second-order valence-corrected chi connectivity index (χ2v) is 5.23. The van der Waals surface area contributed by atoms with Crippen LogP contribution in [0, 0.1) is 5.92 Å². The number of amides is 1. The molecule has 1 aromatic heterocycles. The first-order valence-electron chi connectivity index (χ1n) is 6.64. The fourth-order valence-electron chi connectivity index (χ4n) is 2.34. The molecule has 0 radical (unpaired) electrons. The quantitative estimate of drug-likeness (QED) is 0.895. The van der Waals surface area contributed by atoms with Gasteiger partial charge in [-0.2, -0.15) is 0 Å². The number of pyridine rings is 1. The van der Waals surface area contributed by atoms with Crippen LogP contribution in [0.5, 0.6) is 0 Å². The molecule has 0 bridgehead atoms. The Morgan fingerprint density at radius 1 is 1.40 bits per heavy atom. The van der Waals surface area contributed by atoms with Crippen LogP contribution in [0.4, 0.5) is 5.82 Å². The highest BCUT2D eigenvalue weighted by atomic mass is 16.4. The molecule has 0 aliphatic carbocycles. The molecule has 2 rings (SSSR count). The number of carboxylic acids is 1. The van der Waals surface area contributed by atoms with Crippen LogP contribution in [0.3, 0.4) is 0 Å². The topological polar surface area (TPSA) is 73.7 Å². The molecule has 1 atom stereocenters. The maximum absolute atomic E-state index is 11.8. The van der Waals surface area contributed by atoms with E-state index in [1.54, 1.807) is 32.4 Å². The maximum Gasteiger partial charge on any atom is 0.308 e. The minimum atomic E-state index is -0.755. The summed E-state index contributed by atoms with van der Waals surface area (Å²) >= 11 is 0. The lowest BCUT2D eigenvalue weighted by atomic mass is 9.98. The van der Waals surface area contributed by atoms with E-state index in [-0.39, 0.29) is 11.8 Å². The molecule has 1 aliphatic rings. The van der Waals surface area contributed by atoms with Crippen molar-refractivity contribution in [3.63, 3.8) is 0 Å². The van der Waals surface area contributed by atoms with E-state index in [4.69, 9.17) is 5.11 Å². The van der Waals surface area contributed by atoms with Gasteiger partial charge in [0, 0.05) is 33.4 Å². The maximum atomic E-state index is 11.8. The highest BCUT2D eigenvalue weighted by molar-refractivity contribution is 5.93. The molecule has 1 aromatic rings. The molecule has 1 fully saturated rings. The summed E-state index contributed by atoms with van der Waals surface area (Å²) in [6.45, 7) is 1.28. The van der Waals surface area contributed by atoms with E-state index in [0.29, 0.717) is 18.5 Å². The Labute approximate surface area is 118 Å². The minimum absolute atomic E-state index is 0.0916. The van der Waals surface area contributed by atoms with Gasteiger partial charge in [0.15, 0.2) is 0 Å². The number of piperidine rings is 1. The van der Waals surface area contributed by atoms with Crippen LogP contribution in [-0.4, -0.2) is 54.1 Å². The van der Waals surface area contributed by atoms with Crippen molar-refractivity contribution < 1.29 is 14.7 Å². The van der Waals surface area contributed by atoms with E-state index in [2.05, 4.69) is 4.98 Å². The smallest absolute Gasteiger partial charge is 0.308 e. The predicted molar refractivity (Wildman–Crippen MR) is 74.8 cm³/mol. The molecule has 6 heteroatoms. The van der Waals surface area contributed by atoms with Crippen molar-refractivity contribution in [3.8, 4) is 0 Å². The van der Waals surface area contributed by atoms with Gasteiger partial charge in [-0.05, 0) is 25.0 Å². The third-order valence-corrected chi connectivity index (χ3v) is 3.50. The fourth-order valence-corrected chi connectivity index (χ4v) is 2.34. The Morgan fingerprint density at radius 3 is 2.70 bits per heavy atom. The number of hydrogen-bond donors (Lipinski definition) is 1. The molecule has 1 saturated heterocycles. The van der Waals surface area contributed by atoms with E-state index >= 15 is 0 Å². The standard InChI is InChI=1S/C14H19N3O3/c1-16(2)13(18)10-5-6-12(15-8-10)17-7-3-4-11(9-17)14(19)20/h5-6,8,11H,3-4,7,9H2,1-2H3,(H,19,20)/t11-/m0/s1. The first kappa shape index (κ1) is 14.3. The van der Waals surface area contributed by atoms with Crippen molar-refractivity contribution in [1.82, 2.24) is 9.88 Å². The number of aromatic nitrogens is 1. The zero-order chi connectivity index (χ0) is 14.7. The first-order chi connectivity index (χ1) is 9.49. The summed E-state index contributed by atoms with van der Waals surface area (Å²) in [6, 6.07) is 3.51. The molecular formula is C14H19N3O3. The highest BCUT2D eigenvalue weighted by Gasteiger charge is 2.26. The molecule has 0 spiro atoms. The van der Waals surface area contributed by atoms with Crippen molar-refractivity contribution >= 4 is 17.7 Å². The predicted octanol–water partition coefficient (Wildman–Crippen LogP) is 1.08. The molecule has 0 unspecified atom stereocenters. The van der Waals surface area contributed by atoms with Gasteiger partial charge in [-0.15, -0.1) is 0 Å². The van der Waals surface area contributed by atoms with Crippen molar-refractivity contribution in [2.75, 3.05) is 32.1 Å². The number of carboxylic acid groups (broad SMARTS) is 1. The third-order valence-electron chi connectivity index (χ3n) is 3.50. The van der Waals surface area contributed by atoms with Crippen molar-refractivity contribution in [1.29, 1.82) is 0 Å². The third kappa shape index (κ3) is 3.07. The monoisotopic (exact) mass is 277 g/mol. The summed E-state index contributed by atoms with van der Waals surface area (Å²) in [5.41, 5.74) is 0.533. The zero-order valence-corrected chi connectivity index (χ0v) is 11.7. The number of aliphatic carboxylic acids is 1. The Balaban J connectivity index is 2.10. The Morgan fingerprint density at radius 2 is 2.15 bits per heavy atom. The summed E-state index contributed by atoms with van der Waals surface area (Å²) in [7, 11) is 3.39. The Hall–Kier alpha value is -2.11. The molecule has 0 saturated carbocycles. The number of carbonyl (C=O) groups is 2. The number of hydrogen-bond acceptors (Lipinski definition) is 4. The summed E-state index contributed by atoms with van der Waals surface area (Å²) in [5.74, 6) is -0.458. The molecule has 6 nitrogen and oxygen atoms in total. The Kier molecular flexibility index (Phi) is 4.22. The van der Waals surface area contributed by atoms with Crippen LogP contribution in [0.25, 0.3) is 0 Å². The minimum Gasteiger partial charge on any atom is -0.481 e. The van der Waals surface area contributed by atoms with Gasteiger partial charge in [0.2, 0.25) is 0 Å². The lowest BCUT2D eigenvalue weighted by Crippen LogP contribution is -2.39. The highest BCUT2D eigenvalue weighted by Crippen LogP contribution is 2.22. The van der Waals surface area contributed by atoms with Gasteiger partial charge in [0.05, 0.1) is 11.5 Å². The molecular weight excluding hydrogens is 258 g/mol. The van der Waals surface area contributed by atoms with E-state index < -0.39 is 5.97 Å². The number of anilines is 1. The number of carbonyl (C=O) groups excluding carboxylic acids is 1. The van der Waals surface area contributed by atoms with Crippen molar-refractivity contribution in [2.45, 2.75) is 12.8 Å². The van der Waals surface area contributed by atoms with Gasteiger partial charge in [0.25, 0.3) is 5.91 Å². The summed E-state index contributed by atoms with van der Waals surface area (Å²) in [5, 5.41) is 9.08. The van der Waals surface area contributed by atoms with Crippen LogP contribution in [0.15, 0.2) is 18.3 Å². The van der Waals surface area contributed by atoms with Gasteiger partial charge in [-0.3, -0.25) is 9.59 Å². The van der Waals surface area contributed by atoms with Gasteiger partial charge in [-0.25, -0.2) is 4.98 Å². The number of rotatable bonds is 3. The molecule has 1 amide bonds. The molecule has 2 heterocycles. The first-order valence-corrected chi connectivity index (χ1v) is 6.64. The molecule has 1 N–H and O–H groups in total. The molecule has 1 aliphatic heterocycles. The van der Waals surface area contributed by atoms with Crippen molar-refractivity contribution in [3.05, 3.63) is 23.9 Å². The van der Waals surface area contributed by atoms with Gasteiger partial charge >= 0.3 is 5.97 Å². The summed E-state index contributed by atoms with van der Waals surface area (Å²) in [4.78, 5) is 30.6. The van der Waals surface area contributed by atoms with E-state index in [1.807, 2.05) is 4.90 Å². The summed E-state index contributed by atoms with van der Waals surface area (Å²) < 4.78 is 0. The average Bonchev–Trinajstić information content (AvgIpc) is 2.46. The second-order valence-electron chi connectivity index (χ2n) is 5.23. The van der Waals surface area contributed by atoms with Crippen LogP contribution in [0.1, 0.15) is 23.2 Å². The van der Waals surface area contributed by atoms with Gasteiger partial charge < -0.3 is 14.9 Å². The number of nitrogens with zero attached hydrogens (tertiary/aromatic N) is 3. The van der Waals surface area contributed by atoms with Gasteiger partial charge in [-0.1, -0.05) is 0 Å². The van der Waals surface area contributed by atoms with Gasteiger partial charge in [0.1, 0.15) is 5.82 Å². The summed E-state index contributed by atoms with van der Waals surface area (Å²) in [6.07, 6.45) is 3.10. The van der Waals surface area contributed by atoms with E-state index in [1.165, 1.54) is 4.90 Å². The fraction of sp³-hybridized carbons (Fsp3) is 0.500. The van der Waals surface area contributed by atoms with E-state index in [0.717, 1.165) is 18.8 Å². The zero-order valence-electron chi connectivity index (χ0n) is 11.7. The van der Waals surface area contributed by atoms with Crippen molar-refractivity contribution in [2.24, 2.45) is 5.92 Å². The van der Waals surface area contributed by atoms with Crippen LogP contribution in [0.2, 0.25) is 0 Å². The molecule has 20 heavy (non-hydrogen) atoms. The normalized spacial score (nSPS) is 18.7. The lowest BCUT2D eigenvalue weighted by molar-refractivity contribution is -0.141. The SMILES string of the molecule is CN(C)C(=O)c1ccc(N2CCC[C@H](C(=O)O)C2)nc1. The van der Waals surface area contributed by atoms with Crippen LogP contribution in [-0.2, 0) is 4.79 Å². The molecule has 0 aromatic carbocycles. The largest absolute Gasteiger partial charge is 0.481 e. The van der Waals surface area contributed by atoms with Crippen LogP contribution < -0.4 is 4.90 Å². The van der Waals surface area contributed by atoms with E-state index in [9.17, 15) is 9.59 Å².